The summed E-state index contributed by atoms with van der Waals surface area (Å²) in [5.41, 5.74) is 0. The number of rotatable bonds is 5. The molecule has 2 heterocycles. The molecule has 2 aliphatic carbocycles. The van der Waals surface area contributed by atoms with Crippen molar-refractivity contribution in [2.75, 3.05) is 6.54 Å². The minimum absolute atomic E-state index is 0.611. The van der Waals surface area contributed by atoms with Gasteiger partial charge in [-0.1, -0.05) is 11.3 Å². The lowest BCUT2D eigenvalue weighted by molar-refractivity contribution is 0.629. The number of hydrogen-bond donors (Lipinski definition) is 1. The smallest absolute Gasteiger partial charge is 0.234 e. The predicted octanol–water partition coefficient (Wildman–Crippen LogP) is 1.56. The molecule has 0 aliphatic heterocycles. The Morgan fingerprint density at radius 3 is 2.88 bits per heavy atom. The van der Waals surface area contributed by atoms with E-state index in [1.165, 1.54) is 25.7 Å². The summed E-state index contributed by atoms with van der Waals surface area (Å²) in [6.45, 7) is 2.00. The molecule has 1 N–H and O–H groups in total. The molecule has 4 rings (SSSR count). The molecule has 0 unspecified atom stereocenters. The van der Waals surface area contributed by atoms with Crippen molar-refractivity contribution >= 4 is 16.3 Å². The molecule has 0 aromatic carbocycles. The zero-order valence-corrected chi connectivity index (χ0v) is 10.4. The molecule has 17 heavy (non-hydrogen) atoms. The minimum atomic E-state index is 0.611. The van der Waals surface area contributed by atoms with Crippen molar-refractivity contribution in [1.82, 2.24) is 25.1 Å². The van der Waals surface area contributed by atoms with E-state index in [9.17, 15) is 0 Å². The van der Waals surface area contributed by atoms with Crippen molar-refractivity contribution in [3.8, 4) is 0 Å². The van der Waals surface area contributed by atoms with Crippen LogP contribution in [0, 0.1) is 5.92 Å². The van der Waals surface area contributed by atoms with Crippen LogP contribution in [0.25, 0.3) is 4.96 Å². The molecule has 2 saturated carbocycles. The Kier molecular flexibility index (Phi) is 2.19. The molecule has 90 valence electrons. The molecular weight excluding hydrogens is 234 g/mol. The van der Waals surface area contributed by atoms with E-state index in [-0.39, 0.29) is 0 Å². The Morgan fingerprint density at radius 1 is 1.24 bits per heavy atom. The van der Waals surface area contributed by atoms with E-state index < -0.39 is 0 Å². The van der Waals surface area contributed by atoms with E-state index in [4.69, 9.17) is 0 Å². The molecule has 0 atom stereocenters. The quantitative estimate of drug-likeness (QED) is 0.873. The van der Waals surface area contributed by atoms with Gasteiger partial charge >= 0.3 is 0 Å². The number of nitrogens with one attached hydrogen (secondary N) is 1. The van der Waals surface area contributed by atoms with E-state index in [1.54, 1.807) is 11.3 Å². The van der Waals surface area contributed by atoms with Crippen LogP contribution in [0.4, 0.5) is 0 Å². The third kappa shape index (κ3) is 1.95. The third-order valence-electron chi connectivity index (χ3n) is 3.41. The lowest BCUT2D eigenvalue weighted by Gasteiger charge is -1.98. The van der Waals surface area contributed by atoms with Gasteiger partial charge in [0, 0.05) is 12.5 Å². The second-order valence-corrected chi connectivity index (χ2v) is 6.14. The molecule has 0 amide bonds. The highest BCUT2D eigenvalue weighted by molar-refractivity contribution is 7.16. The van der Waals surface area contributed by atoms with Gasteiger partial charge in [-0.15, -0.1) is 10.2 Å². The van der Waals surface area contributed by atoms with E-state index in [0.717, 1.165) is 34.8 Å². The largest absolute Gasteiger partial charge is 0.310 e. The van der Waals surface area contributed by atoms with E-state index in [1.807, 2.05) is 4.52 Å². The highest BCUT2D eigenvalue weighted by Crippen LogP contribution is 2.39. The zero-order valence-electron chi connectivity index (χ0n) is 9.59. The Balaban J connectivity index is 1.50. The van der Waals surface area contributed by atoms with Crippen LogP contribution in [0.1, 0.15) is 42.4 Å². The van der Waals surface area contributed by atoms with Gasteiger partial charge in [0.25, 0.3) is 0 Å². The first-order valence-electron chi connectivity index (χ1n) is 6.32. The fourth-order valence-electron chi connectivity index (χ4n) is 2.04. The summed E-state index contributed by atoms with van der Waals surface area (Å²) in [5.74, 6) is 2.59. The van der Waals surface area contributed by atoms with Gasteiger partial charge in [-0.2, -0.15) is 9.61 Å². The van der Waals surface area contributed by atoms with Gasteiger partial charge in [-0.3, -0.25) is 0 Å². The Labute approximate surface area is 103 Å². The Bertz CT molecular complexity index is 537. The van der Waals surface area contributed by atoms with E-state index in [0.29, 0.717) is 5.92 Å². The summed E-state index contributed by atoms with van der Waals surface area (Å²) in [6.07, 6.45) is 5.27. The summed E-state index contributed by atoms with van der Waals surface area (Å²) in [7, 11) is 0. The van der Waals surface area contributed by atoms with Gasteiger partial charge in [0.15, 0.2) is 5.82 Å². The molecular formula is C11H15N5S. The first-order chi connectivity index (χ1) is 8.40. The molecule has 0 radical (unpaired) electrons. The first kappa shape index (κ1) is 9.96. The van der Waals surface area contributed by atoms with Gasteiger partial charge in [0.1, 0.15) is 5.01 Å². The standard InChI is InChI=1S/C11H15N5S/c1-2-7(1)5-12-6-9-15-16-10(8-3-4-8)13-14-11(16)17-9/h7-8,12H,1-6H2. The topological polar surface area (TPSA) is 55.1 Å². The molecule has 2 aromatic heterocycles. The van der Waals surface area contributed by atoms with Gasteiger partial charge in [0.05, 0.1) is 0 Å². The van der Waals surface area contributed by atoms with Crippen LogP contribution in [0.3, 0.4) is 0 Å². The maximum atomic E-state index is 4.60. The van der Waals surface area contributed by atoms with Crippen LogP contribution < -0.4 is 5.32 Å². The minimum Gasteiger partial charge on any atom is -0.310 e. The second-order valence-electron chi connectivity index (χ2n) is 5.10. The molecule has 6 heteroatoms. The Morgan fingerprint density at radius 2 is 2.12 bits per heavy atom. The lowest BCUT2D eigenvalue weighted by atomic mass is 10.4. The van der Waals surface area contributed by atoms with E-state index in [2.05, 4.69) is 20.6 Å². The van der Waals surface area contributed by atoms with Crippen LogP contribution in [-0.2, 0) is 6.54 Å². The van der Waals surface area contributed by atoms with Crippen LogP contribution >= 0.6 is 11.3 Å². The maximum absolute atomic E-state index is 4.60. The molecule has 2 aliphatic rings. The number of nitrogens with zero attached hydrogens (tertiary/aromatic N) is 4. The summed E-state index contributed by atoms with van der Waals surface area (Å²) in [5, 5.41) is 17.6. The SMILES string of the molecule is C(NCC1CC1)c1nn2c(C3CC3)nnc2s1. The lowest BCUT2D eigenvalue weighted by Crippen LogP contribution is -2.16. The second kappa shape index (κ2) is 3.74. The van der Waals surface area contributed by atoms with Crippen molar-refractivity contribution < 1.29 is 0 Å². The molecule has 2 fully saturated rings. The molecule has 0 saturated heterocycles. The zero-order chi connectivity index (χ0) is 11.2. The number of aromatic nitrogens is 4. The number of fused-ring (bicyclic) bond motifs is 1. The summed E-state index contributed by atoms with van der Waals surface area (Å²) in [6, 6.07) is 0. The van der Waals surface area contributed by atoms with Crippen LogP contribution in [0.2, 0.25) is 0 Å². The van der Waals surface area contributed by atoms with Crippen molar-refractivity contribution in [3.63, 3.8) is 0 Å². The van der Waals surface area contributed by atoms with Gasteiger partial charge in [-0.05, 0) is 38.1 Å². The fraction of sp³-hybridized carbons (Fsp3) is 0.727. The average molecular weight is 249 g/mol. The molecule has 0 spiro atoms. The third-order valence-corrected chi connectivity index (χ3v) is 4.30. The first-order valence-corrected chi connectivity index (χ1v) is 7.13. The van der Waals surface area contributed by atoms with Crippen LogP contribution in [0.5, 0.6) is 0 Å². The van der Waals surface area contributed by atoms with Crippen LogP contribution in [-0.4, -0.2) is 26.4 Å². The molecule has 2 aromatic rings. The van der Waals surface area contributed by atoms with E-state index >= 15 is 0 Å². The van der Waals surface area contributed by atoms with Crippen LogP contribution in [0.15, 0.2) is 0 Å². The van der Waals surface area contributed by atoms with Crippen molar-refractivity contribution in [1.29, 1.82) is 0 Å². The Hall–Kier alpha value is -1.01. The predicted molar refractivity (Wildman–Crippen MR) is 65.1 cm³/mol. The van der Waals surface area contributed by atoms with Crippen molar-refractivity contribution in [2.45, 2.75) is 38.1 Å². The number of hydrogen-bond acceptors (Lipinski definition) is 5. The highest BCUT2D eigenvalue weighted by Gasteiger charge is 2.30. The van der Waals surface area contributed by atoms with Gasteiger partial charge in [0.2, 0.25) is 4.96 Å². The normalized spacial score (nSPS) is 20.2. The van der Waals surface area contributed by atoms with Crippen molar-refractivity contribution in [3.05, 3.63) is 10.8 Å². The highest BCUT2D eigenvalue weighted by atomic mass is 32.1. The van der Waals surface area contributed by atoms with Gasteiger partial charge in [-0.25, -0.2) is 0 Å². The average Bonchev–Trinajstić information content (AvgIpc) is 3.20. The monoisotopic (exact) mass is 249 g/mol. The summed E-state index contributed by atoms with van der Waals surface area (Å²) < 4.78 is 1.94. The maximum Gasteiger partial charge on any atom is 0.234 e. The summed E-state index contributed by atoms with van der Waals surface area (Å²) in [4.78, 5) is 0.940. The van der Waals surface area contributed by atoms with Gasteiger partial charge < -0.3 is 5.32 Å². The van der Waals surface area contributed by atoms with Crippen molar-refractivity contribution in [2.24, 2.45) is 5.92 Å². The molecule has 5 nitrogen and oxygen atoms in total. The fourth-order valence-corrected chi connectivity index (χ4v) is 2.85. The molecule has 0 bridgehead atoms. The summed E-state index contributed by atoms with van der Waals surface area (Å²) >= 11 is 1.65.